The van der Waals surface area contributed by atoms with E-state index in [1.807, 2.05) is 35.1 Å². The van der Waals surface area contributed by atoms with Crippen molar-refractivity contribution < 1.29 is 22.7 Å². The average molecular weight is 395 g/mol. The van der Waals surface area contributed by atoms with Crippen LogP contribution in [0.1, 0.15) is 5.82 Å². The van der Waals surface area contributed by atoms with Crippen LogP contribution >= 0.6 is 11.8 Å². The number of imidazole rings is 1. The number of carbonyl (C=O) groups is 1. The molecule has 1 amide bonds. The molecule has 9 heteroatoms. The molecule has 0 fully saturated rings. The van der Waals surface area contributed by atoms with Gasteiger partial charge in [0, 0.05) is 5.69 Å². The lowest BCUT2D eigenvalue weighted by Gasteiger charge is -2.11. The van der Waals surface area contributed by atoms with Crippen LogP contribution < -0.4 is 10.1 Å². The van der Waals surface area contributed by atoms with Gasteiger partial charge in [0.25, 0.3) is 0 Å². The summed E-state index contributed by atoms with van der Waals surface area (Å²) in [7, 11) is 0. The largest absolute Gasteiger partial charge is 0.573 e. The van der Waals surface area contributed by atoms with E-state index in [1.54, 1.807) is 11.8 Å². The smallest absolute Gasteiger partial charge is 0.406 e. The van der Waals surface area contributed by atoms with Gasteiger partial charge < -0.3 is 14.6 Å². The second-order valence-corrected chi connectivity index (χ2v) is 6.52. The summed E-state index contributed by atoms with van der Waals surface area (Å²) in [5, 5.41) is 2.67. The first-order valence-electron chi connectivity index (χ1n) is 7.94. The fraction of sp³-hybridized carbons (Fsp3) is 0.222. The maximum atomic E-state index is 12.4. The van der Waals surface area contributed by atoms with E-state index in [0.717, 1.165) is 29.0 Å². The number of hydrogen-bond donors (Lipinski definition) is 1. The van der Waals surface area contributed by atoms with Gasteiger partial charge in [-0.3, -0.25) is 4.79 Å². The molecule has 0 atom stereocenters. The Morgan fingerprint density at radius 3 is 2.56 bits per heavy atom. The summed E-state index contributed by atoms with van der Waals surface area (Å²) < 4.78 is 42.2. The second kappa shape index (κ2) is 7.91. The molecule has 5 nitrogen and oxygen atoms in total. The normalized spacial score (nSPS) is 11.6. The zero-order valence-electron chi connectivity index (χ0n) is 14.3. The number of amides is 1. The quantitative estimate of drug-likeness (QED) is 0.671. The summed E-state index contributed by atoms with van der Waals surface area (Å²) in [6, 6.07) is 12.5. The topological polar surface area (TPSA) is 56.2 Å². The molecule has 27 heavy (non-hydrogen) atoms. The van der Waals surface area contributed by atoms with Crippen molar-refractivity contribution >= 4 is 34.4 Å². The van der Waals surface area contributed by atoms with Crippen molar-refractivity contribution in [1.82, 2.24) is 9.55 Å². The Kier molecular flexibility index (Phi) is 5.59. The number of carbonyl (C=O) groups excluding carboxylic acids is 1. The number of anilines is 1. The van der Waals surface area contributed by atoms with Crippen molar-refractivity contribution in [2.75, 3.05) is 11.6 Å². The minimum Gasteiger partial charge on any atom is -0.406 e. The number of alkyl halides is 3. The van der Waals surface area contributed by atoms with Gasteiger partial charge >= 0.3 is 6.36 Å². The number of rotatable bonds is 6. The second-order valence-electron chi connectivity index (χ2n) is 5.66. The van der Waals surface area contributed by atoms with E-state index in [-0.39, 0.29) is 18.2 Å². The summed E-state index contributed by atoms with van der Waals surface area (Å²) in [6.45, 7) is 0.0528. The summed E-state index contributed by atoms with van der Waals surface area (Å²) in [4.78, 5) is 17.0. The molecule has 142 valence electrons. The Morgan fingerprint density at radius 1 is 1.19 bits per heavy atom. The standard InChI is InChI=1S/C18H16F3N3O2S/c1-27-11-16-23-14-4-2-3-5-15(14)24(16)10-17(25)22-12-6-8-13(9-7-12)26-18(19,20)21/h2-9H,10-11H2,1H3,(H,22,25). The predicted molar refractivity (Wildman–Crippen MR) is 98.7 cm³/mol. The molecular weight excluding hydrogens is 379 g/mol. The first-order valence-corrected chi connectivity index (χ1v) is 9.34. The van der Waals surface area contributed by atoms with E-state index < -0.39 is 6.36 Å². The van der Waals surface area contributed by atoms with Gasteiger partial charge in [0.2, 0.25) is 5.91 Å². The van der Waals surface area contributed by atoms with E-state index in [4.69, 9.17) is 0 Å². The Labute approximate surface area is 157 Å². The maximum absolute atomic E-state index is 12.4. The number of benzene rings is 2. The minimum atomic E-state index is -4.75. The van der Waals surface area contributed by atoms with Crippen molar-refractivity contribution in [3.05, 3.63) is 54.4 Å². The monoisotopic (exact) mass is 395 g/mol. The molecule has 3 rings (SSSR count). The van der Waals surface area contributed by atoms with Crippen LogP contribution in [0, 0.1) is 0 Å². The molecule has 0 spiro atoms. The predicted octanol–water partition coefficient (Wildman–Crippen LogP) is 4.44. The first kappa shape index (κ1) is 19.1. The molecule has 0 radical (unpaired) electrons. The molecule has 2 aromatic carbocycles. The lowest BCUT2D eigenvalue weighted by Crippen LogP contribution is -2.20. The highest BCUT2D eigenvalue weighted by Crippen LogP contribution is 2.24. The van der Waals surface area contributed by atoms with Crippen LogP contribution in [0.25, 0.3) is 11.0 Å². The Bertz CT molecular complexity index is 939. The summed E-state index contributed by atoms with van der Waals surface area (Å²) in [5.41, 5.74) is 2.04. The van der Waals surface area contributed by atoms with Gasteiger partial charge in [0.05, 0.1) is 16.8 Å². The molecular formula is C18H16F3N3O2S. The molecule has 1 N–H and O–H groups in total. The molecule has 0 unspecified atom stereocenters. The number of nitrogens with zero attached hydrogens (tertiary/aromatic N) is 2. The van der Waals surface area contributed by atoms with E-state index in [9.17, 15) is 18.0 Å². The zero-order valence-corrected chi connectivity index (χ0v) is 15.1. The number of halogens is 3. The number of aromatic nitrogens is 2. The zero-order chi connectivity index (χ0) is 19.4. The van der Waals surface area contributed by atoms with Gasteiger partial charge in [0.1, 0.15) is 18.1 Å². The fourth-order valence-electron chi connectivity index (χ4n) is 2.63. The molecule has 0 aliphatic heterocycles. The van der Waals surface area contributed by atoms with E-state index in [0.29, 0.717) is 11.4 Å². The van der Waals surface area contributed by atoms with E-state index in [2.05, 4.69) is 15.0 Å². The highest BCUT2D eigenvalue weighted by atomic mass is 32.2. The molecule has 0 saturated heterocycles. The summed E-state index contributed by atoms with van der Waals surface area (Å²) in [6.07, 6.45) is -2.80. The third-order valence-electron chi connectivity index (χ3n) is 3.68. The van der Waals surface area contributed by atoms with Crippen LogP contribution in [0.5, 0.6) is 5.75 Å². The molecule has 0 aliphatic carbocycles. The van der Waals surface area contributed by atoms with Gasteiger partial charge in [-0.1, -0.05) is 12.1 Å². The Morgan fingerprint density at radius 2 is 1.89 bits per heavy atom. The number of hydrogen-bond acceptors (Lipinski definition) is 4. The molecule has 0 saturated carbocycles. The lowest BCUT2D eigenvalue weighted by atomic mass is 10.3. The van der Waals surface area contributed by atoms with Gasteiger partial charge in [-0.05, 0) is 42.7 Å². The molecule has 1 heterocycles. The van der Waals surface area contributed by atoms with Crippen molar-refractivity contribution in [2.45, 2.75) is 18.7 Å². The summed E-state index contributed by atoms with van der Waals surface area (Å²) >= 11 is 1.60. The van der Waals surface area contributed by atoms with Crippen molar-refractivity contribution in [3.8, 4) is 5.75 Å². The van der Waals surface area contributed by atoms with Gasteiger partial charge in [0.15, 0.2) is 0 Å². The van der Waals surface area contributed by atoms with Crippen LogP contribution in [0.15, 0.2) is 48.5 Å². The Balaban J connectivity index is 1.72. The molecule has 3 aromatic rings. The number of para-hydroxylation sites is 2. The van der Waals surface area contributed by atoms with Crippen LogP contribution in [0.2, 0.25) is 0 Å². The maximum Gasteiger partial charge on any atom is 0.573 e. The molecule has 0 aliphatic rings. The number of fused-ring (bicyclic) bond motifs is 1. The van der Waals surface area contributed by atoms with Crippen molar-refractivity contribution in [3.63, 3.8) is 0 Å². The molecule has 1 aromatic heterocycles. The summed E-state index contributed by atoms with van der Waals surface area (Å²) in [5.74, 6) is 0.798. The molecule has 0 bridgehead atoms. The number of thioether (sulfide) groups is 1. The minimum absolute atomic E-state index is 0.0528. The van der Waals surface area contributed by atoms with Gasteiger partial charge in [-0.2, -0.15) is 11.8 Å². The Hall–Kier alpha value is -2.68. The van der Waals surface area contributed by atoms with Crippen molar-refractivity contribution in [1.29, 1.82) is 0 Å². The first-order chi connectivity index (χ1) is 12.9. The van der Waals surface area contributed by atoms with Crippen LogP contribution in [-0.2, 0) is 17.1 Å². The van der Waals surface area contributed by atoms with Crippen LogP contribution in [-0.4, -0.2) is 28.1 Å². The van der Waals surface area contributed by atoms with E-state index in [1.165, 1.54) is 12.1 Å². The number of ether oxygens (including phenoxy) is 1. The van der Waals surface area contributed by atoms with Gasteiger partial charge in [-0.15, -0.1) is 13.2 Å². The SMILES string of the molecule is CSCc1nc2ccccc2n1CC(=O)Nc1ccc(OC(F)(F)F)cc1. The highest BCUT2D eigenvalue weighted by Gasteiger charge is 2.30. The van der Waals surface area contributed by atoms with E-state index >= 15 is 0 Å². The fourth-order valence-corrected chi connectivity index (χ4v) is 3.10. The van der Waals surface area contributed by atoms with Crippen LogP contribution in [0.4, 0.5) is 18.9 Å². The number of nitrogens with one attached hydrogen (secondary N) is 1. The average Bonchev–Trinajstić information content (AvgIpc) is 2.93. The third-order valence-corrected chi connectivity index (χ3v) is 4.23. The van der Waals surface area contributed by atoms with Crippen molar-refractivity contribution in [2.24, 2.45) is 0 Å². The lowest BCUT2D eigenvalue weighted by molar-refractivity contribution is -0.274. The van der Waals surface area contributed by atoms with Gasteiger partial charge in [-0.25, -0.2) is 4.98 Å². The third kappa shape index (κ3) is 4.94. The van der Waals surface area contributed by atoms with Crippen LogP contribution in [0.3, 0.4) is 0 Å². The highest BCUT2D eigenvalue weighted by molar-refractivity contribution is 7.97.